The molecule has 1 aliphatic heterocycles. The smallest absolute Gasteiger partial charge is 0.224 e. The van der Waals surface area contributed by atoms with Crippen LogP contribution in [0.4, 0.5) is 5.69 Å². The third-order valence-corrected chi connectivity index (χ3v) is 6.46. The standard InChI is InChI=1S/C25H21N5O2S/c31-22(20-6-8-21-19(14-20)7-9-23(32)27-21)16-33-25-29-28-24(18-10-12-26-13-11-18)30(25)15-17-4-2-1-3-5-17/h1-6,8,10-14H,7,9,15-16H2,(H,27,32). The van der Waals surface area contributed by atoms with Crippen LogP contribution in [0.15, 0.2) is 78.2 Å². The zero-order valence-electron chi connectivity index (χ0n) is 17.8. The molecule has 0 saturated carbocycles. The number of benzene rings is 2. The average molecular weight is 456 g/mol. The van der Waals surface area contributed by atoms with Crippen LogP contribution in [-0.2, 0) is 17.8 Å². The summed E-state index contributed by atoms with van der Waals surface area (Å²) < 4.78 is 2.03. The molecule has 2 aromatic heterocycles. The van der Waals surface area contributed by atoms with Gasteiger partial charge in [0.15, 0.2) is 16.8 Å². The van der Waals surface area contributed by atoms with Crippen LogP contribution < -0.4 is 5.32 Å². The molecule has 2 aromatic carbocycles. The van der Waals surface area contributed by atoms with E-state index in [1.54, 1.807) is 18.5 Å². The van der Waals surface area contributed by atoms with E-state index in [4.69, 9.17) is 0 Å². The highest BCUT2D eigenvalue weighted by atomic mass is 32.2. The fourth-order valence-corrected chi connectivity index (χ4v) is 4.62. The van der Waals surface area contributed by atoms with Crippen molar-refractivity contribution in [2.24, 2.45) is 0 Å². The van der Waals surface area contributed by atoms with Crippen LogP contribution in [0.1, 0.15) is 27.9 Å². The summed E-state index contributed by atoms with van der Waals surface area (Å²) in [6, 6.07) is 19.4. The second kappa shape index (κ2) is 9.38. The van der Waals surface area contributed by atoms with E-state index in [0.29, 0.717) is 30.1 Å². The van der Waals surface area contributed by atoms with Crippen molar-refractivity contribution in [3.05, 3.63) is 89.7 Å². The highest BCUT2D eigenvalue weighted by molar-refractivity contribution is 7.99. The van der Waals surface area contributed by atoms with Gasteiger partial charge in [-0.25, -0.2) is 0 Å². The Labute approximate surface area is 195 Å². The van der Waals surface area contributed by atoms with Gasteiger partial charge in [-0.15, -0.1) is 10.2 Å². The zero-order valence-corrected chi connectivity index (χ0v) is 18.6. The molecule has 7 nitrogen and oxygen atoms in total. The van der Waals surface area contributed by atoms with Crippen LogP contribution in [0.2, 0.25) is 0 Å². The second-order valence-electron chi connectivity index (χ2n) is 7.75. The van der Waals surface area contributed by atoms with E-state index in [0.717, 1.165) is 28.2 Å². The van der Waals surface area contributed by atoms with Crippen molar-refractivity contribution >= 4 is 29.1 Å². The van der Waals surface area contributed by atoms with Gasteiger partial charge in [-0.05, 0) is 47.9 Å². The number of carbonyl (C=O) groups is 2. The number of Topliss-reactive ketones (excluding diaryl/α,β-unsaturated/α-hetero) is 1. The highest BCUT2D eigenvalue weighted by Gasteiger charge is 2.19. The number of thioether (sulfide) groups is 1. The van der Waals surface area contributed by atoms with E-state index in [9.17, 15) is 9.59 Å². The predicted octanol–water partition coefficient (Wildman–Crippen LogP) is 4.25. The van der Waals surface area contributed by atoms with Crippen LogP contribution in [-0.4, -0.2) is 37.2 Å². The van der Waals surface area contributed by atoms with Gasteiger partial charge in [-0.3, -0.25) is 19.1 Å². The number of aromatic nitrogens is 4. The maximum atomic E-state index is 12.9. The Bertz CT molecular complexity index is 1310. The molecule has 0 saturated heterocycles. The first-order chi connectivity index (χ1) is 16.2. The Morgan fingerprint density at radius 2 is 1.82 bits per heavy atom. The number of ketones is 1. The Kier molecular flexibility index (Phi) is 5.99. The van der Waals surface area contributed by atoms with Crippen LogP contribution in [0, 0.1) is 0 Å². The Morgan fingerprint density at radius 3 is 2.64 bits per heavy atom. The fraction of sp³-hybridized carbons (Fsp3) is 0.160. The minimum atomic E-state index is 0.0134. The fourth-order valence-electron chi connectivity index (χ4n) is 3.79. The largest absolute Gasteiger partial charge is 0.326 e. The molecule has 1 aliphatic rings. The third kappa shape index (κ3) is 4.70. The van der Waals surface area contributed by atoms with Crippen molar-refractivity contribution in [1.29, 1.82) is 0 Å². The summed E-state index contributed by atoms with van der Waals surface area (Å²) in [6.45, 7) is 0.598. The van der Waals surface area contributed by atoms with Gasteiger partial charge < -0.3 is 5.32 Å². The highest BCUT2D eigenvalue weighted by Crippen LogP contribution is 2.27. The van der Waals surface area contributed by atoms with E-state index in [2.05, 4.69) is 32.6 Å². The number of nitrogens with one attached hydrogen (secondary N) is 1. The molecule has 0 atom stereocenters. The first-order valence-corrected chi connectivity index (χ1v) is 11.6. The van der Waals surface area contributed by atoms with Crippen molar-refractivity contribution in [2.45, 2.75) is 24.5 Å². The summed E-state index contributed by atoms with van der Waals surface area (Å²) in [7, 11) is 0. The molecular formula is C25H21N5O2S. The summed E-state index contributed by atoms with van der Waals surface area (Å²) in [5.41, 5.74) is 4.47. The Hall–Kier alpha value is -3.78. The van der Waals surface area contributed by atoms with Gasteiger partial charge in [-0.1, -0.05) is 42.1 Å². The summed E-state index contributed by atoms with van der Waals surface area (Å²) in [5.74, 6) is 1.01. The van der Waals surface area contributed by atoms with Crippen molar-refractivity contribution < 1.29 is 9.59 Å². The van der Waals surface area contributed by atoms with Gasteiger partial charge >= 0.3 is 0 Å². The lowest BCUT2D eigenvalue weighted by atomic mass is 9.99. The maximum absolute atomic E-state index is 12.9. The monoisotopic (exact) mass is 455 g/mol. The molecule has 0 fully saturated rings. The van der Waals surface area contributed by atoms with E-state index in [-0.39, 0.29) is 17.4 Å². The molecule has 8 heteroatoms. The summed E-state index contributed by atoms with van der Waals surface area (Å²) in [6.07, 6.45) is 4.55. The van der Waals surface area contributed by atoms with Crippen molar-refractivity contribution in [3.63, 3.8) is 0 Å². The Morgan fingerprint density at radius 1 is 1.00 bits per heavy atom. The number of pyridine rings is 1. The van der Waals surface area contributed by atoms with Gasteiger partial charge in [0.05, 0.1) is 12.3 Å². The van der Waals surface area contributed by atoms with Gasteiger partial charge in [0.25, 0.3) is 0 Å². The first-order valence-electron chi connectivity index (χ1n) is 10.6. The normalized spacial score (nSPS) is 12.8. The number of hydrogen-bond donors (Lipinski definition) is 1. The van der Waals surface area contributed by atoms with Gasteiger partial charge in [0.1, 0.15) is 0 Å². The lowest BCUT2D eigenvalue weighted by Gasteiger charge is -2.17. The summed E-state index contributed by atoms with van der Waals surface area (Å²) >= 11 is 1.38. The minimum Gasteiger partial charge on any atom is -0.326 e. The number of fused-ring (bicyclic) bond motifs is 1. The van der Waals surface area contributed by atoms with E-state index < -0.39 is 0 Å². The first kappa shape index (κ1) is 21.1. The zero-order chi connectivity index (χ0) is 22.6. The number of anilines is 1. The van der Waals surface area contributed by atoms with E-state index >= 15 is 0 Å². The van der Waals surface area contributed by atoms with Crippen molar-refractivity contribution in [2.75, 3.05) is 11.1 Å². The molecule has 0 bridgehead atoms. The van der Waals surface area contributed by atoms with Crippen LogP contribution in [0.3, 0.4) is 0 Å². The molecule has 164 valence electrons. The number of carbonyl (C=O) groups excluding carboxylic acids is 2. The molecule has 4 aromatic rings. The molecular weight excluding hydrogens is 434 g/mol. The molecule has 1 N–H and O–H groups in total. The Balaban J connectivity index is 1.37. The molecule has 3 heterocycles. The quantitative estimate of drug-likeness (QED) is 0.331. The average Bonchev–Trinajstić information content (AvgIpc) is 3.25. The van der Waals surface area contributed by atoms with E-state index in [1.807, 2.05) is 47.0 Å². The SMILES string of the molecule is O=C1CCc2cc(C(=O)CSc3nnc(-c4ccncc4)n3Cc3ccccc3)ccc2N1. The summed E-state index contributed by atoms with van der Waals surface area (Å²) in [4.78, 5) is 28.6. The number of amides is 1. The maximum Gasteiger partial charge on any atom is 0.224 e. The van der Waals surface area contributed by atoms with Crippen molar-refractivity contribution in [3.8, 4) is 11.4 Å². The summed E-state index contributed by atoms with van der Waals surface area (Å²) in [5, 5.41) is 12.3. The predicted molar refractivity (Wildman–Crippen MR) is 127 cm³/mol. The van der Waals surface area contributed by atoms with Crippen LogP contribution in [0.25, 0.3) is 11.4 Å². The molecule has 0 unspecified atom stereocenters. The number of hydrogen-bond acceptors (Lipinski definition) is 6. The second-order valence-corrected chi connectivity index (χ2v) is 8.69. The minimum absolute atomic E-state index is 0.0134. The molecule has 1 amide bonds. The lowest BCUT2D eigenvalue weighted by Crippen LogP contribution is -2.19. The topological polar surface area (TPSA) is 89.8 Å². The van der Waals surface area contributed by atoms with Crippen molar-refractivity contribution in [1.82, 2.24) is 19.7 Å². The number of rotatable bonds is 7. The number of nitrogens with zero attached hydrogens (tertiary/aromatic N) is 4. The van der Waals surface area contributed by atoms with E-state index in [1.165, 1.54) is 11.8 Å². The molecule has 0 spiro atoms. The molecule has 0 radical (unpaired) electrons. The van der Waals surface area contributed by atoms with Gasteiger partial charge in [0, 0.05) is 35.6 Å². The molecule has 0 aliphatic carbocycles. The van der Waals surface area contributed by atoms with Crippen LogP contribution >= 0.6 is 11.8 Å². The van der Waals surface area contributed by atoms with Gasteiger partial charge in [-0.2, -0.15) is 0 Å². The van der Waals surface area contributed by atoms with Crippen LogP contribution in [0.5, 0.6) is 0 Å². The lowest BCUT2D eigenvalue weighted by molar-refractivity contribution is -0.116. The third-order valence-electron chi connectivity index (χ3n) is 5.49. The number of aryl methyl sites for hydroxylation is 1. The van der Waals surface area contributed by atoms with Gasteiger partial charge in [0.2, 0.25) is 5.91 Å². The molecule has 5 rings (SSSR count). The molecule has 33 heavy (non-hydrogen) atoms.